The second-order valence-corrected chi connectivity index (χ2v) is 8.29. The largest absolute Gasteiger partial charge is 0.480 e. The lowest BCUT2D eigenvalue weighted by Gasteiger charge is -2.28. The first-order valence-corrected chi connectivity index (χ1v) is 9.75. The van der Waals surface area contributed by atoms with Crippen LogP contribution >= 0.6 is 11.8 Å². The second kappa shape index (κ2) is 6.53. The van der Waals surface area contributed by atoms with Crippen molar-refractivity contribution in [2.75, 3.05) is 23.9 Å². The predicted octanol–water partition coefficient (Wildman–Crippen LogP) is 0.177. The first-order chi connectivity index (χ1) is 9.88. The molecule has 0 radical (unpaired) electrons. The van der Waals surface area contributed by atoms with Crippen LogP contribution in [0.5, 0.6) is 0 Å². The summed E-state index contributed by atoms with van der Waals surface area (Å²) < 4.78 is 25.7. The van der Waals surface area contributed by atoms with Gasteiger partial charge in [0.1, 0.15) is 12.1 Å². The molecule has 2 fully saturated rings. The van der Waals surface area contributed by atoms with E-state index in [1.54, 1.807) is 6.92 Å². The molecular weight excluding hydrogens is 316 g/mol. The number of carboxylic acids is 1. The molecule has 0 aliphatic carbocycles. The number of carbonyl (C=O) groups excluding carboxylic acids is 1. The topological polar surface area (TPSA) is 95.0 Å². The molecule has 7 nitrogen and oxygen atoms in total. The van der Waals surface area contributed by atoms with Crippen molar-refractivity contribution in [2.45, 2.75) is 38.3 Å². The number of hydrogen-bond donors (Lipinski definition) is 1. The van der Waals surface area contributed by atoms with E-state index in [-0.39, 0.29) is 11.7 Å². The summed E-state index contributed by atoms with van der Waals surface area (Å²) in [6.45, 7) is 2.12. The molecule has 0 aromatic rings. The minimum Gasteiger partial charge on any atom is -0.480 e. The smallest absolute Gasteiger partial charge is 0.327 e. The maximum absolute atomic E-state index is 12.6. The molecule has 2 rings (SSSR count). The number of aliphatic carboxylic acids is 1. The highest BCUT2D eigenvalue weighted by Crippen LogP contribution is 2.28. The molecule has 2 saturated heterocycles. The number of rotatable bonds is 5. The lowest BCUT2D eigenvalue weighted by Crippen LogP contribution is -2.51. The predicted molar refractivity (Wildman–Crippen MR) is 79.4 cm³/mol. The molecule has 2 unspecified atom stereocenters. The van der Waals surface area contributed by atoms with Crippen LogP contribution in [0.4, 0.5) is 0 Å². The van der Waals surface area contributed by atoms with Gasteiger partial charge in [-0.1, -0.05) is 6.92 Å². The Morgan fingerprint density at radius 2 is 2.05 bits per heavy atom. The van der Waals surface area contributed by atoms with Gasteiger partial charge in [-0.25, -0.2) is 13.2 Å². The van der Waals surface area contributed by atoms with Crippen molar-refractivity contribution in [1.29, 1.82) is 0 Å². The molecule has 120 valence electrons. The zero-order chi connectivity index (χ0) is 15.6. The van der Waals surface area contributed by atoms with E-state index in [9.17, 15) is 18.0 Å². The van der Waals surface area contributed by atoms with Gasteiger partial charge in [-0.2, -0.15) is 4.31 Å². The Morgan fingerprint density at radius 3 is 2.67 bits per heavy atom. The van der Waals surface area contributed by atoms with Gasteiger partial charge >= 0.3 is 5.97 Å². The summed E-state index contributed by atoms with van der Waals surface area (Å²) in [7, 11) is -3.44. The minimum absolute atomic E-state index is 0.0217. The minimum atomic E-state index is -3.44. The van der Waals surface area contributed by atoms with E-state index in [0.717, 1.165) is 0 Å². The SMILES string of the molecule is CCCS(=O)(=O)N1CCCC1C(=O)N1CSCC1C(=O)O. The number of carboxylic acid groups (broad SMARTS) is 1. The Kier molecular flexibility index (Phi) is 5.15. The van der Waals surface area contributed by atoms with Gasteiger partial charge in [0.25, 0.3) is 0 Å². The average molecular weight is 336 g/mol. The standard InChI is InChI=1S/C12H20N2O5S2/c1-2-6-21(18,19)14-5-3-4-9(14)11(15)13-8-20-7-10(13)12(16)17/h9-10H,2-8H2,1H3,(H,16,17). The van der Waals surface area contributed by atoms with Crippen molar-refractivity contribution in [3.63, 3.8) is 0 Å². The highest BCUT2D eigenvalue weighted by atomic mass is 32.2. The van der Waals surface area contributed by atoms with Crippen LogP contribution in [0.15, 0.2) is 0 Å². The van der Waals surface area contributed by atoms with Gasteiger partial charge in [-0.15, -0.1) is 11.8 Å². The normalized spacial score (nSPS) is 27.2. The first-order valence-electron chi connectivity index (χ1n) is 6.99. The Hall–Kier alpha value is -0.800. The Morgan fingerprint density at radius 1 is 1.33 bits per heavy atom. The van der Waals surface area contributed by atoms with Crippen LogP contribution in [-0.2, 0) is 19.6 Å². The van der Waals surface area contributed by atoms with Gasteiger partial charge in [0.2, 0.25) is 15.9 Å². The molecule has 0 bridgehead atoms. The Balaban J connectivity index is 2.16. The molecule has 2 heterocycles. The molecule has 1 amide bonds. The van der Waals surface area contributed by atoms with E-state index in [2.05, 4.69) is 0 Å². The number of amides is 1. The highest BCUT2D eigenvalue weighted by molar-refractivity contribution is 7.99. The van der Waals surface area contributed by atoms with Crippen LogP contribution in [0.1, 0.15) is 26.2 Å². The summed E-state index contributed by atoms with van der Waals surface area (Å²) in [4.78, 5) is 25.0. The third-order valence-electron chi connectivity index (χ3n) is 3.76. The van der Waals surface area contributed by atoms with Gasteiger partial charge in [-0.3, -0.25) is 4.79 Å². The summed E-state index contributed by atoms with van der Waals surface area (Å²) in [5, 5.41) is 9.15. The van der Waals surface area contributed by atoms with Crippen LogP contribution in [0, 0.1) is 0 Å². The lowest BCUT2D eigenvalue weighted by atomic mass is 10.2. The molecule has 0 aromatic heterocycles. The number of thioether (sulfide) groups is 1. The number of hydrogen-bond acceptors (Lipinski definition) is 5. The van der Waals surface area contributed by atoms with Gasteiger partial charge in [-0.05, 0) is 19.3 Å². The van der Waals surface area contributed by atoms with E-state index in [1.165, 1.54) is 21.0 Å². The number of carbonyl (C=O) groups is 2. The Labute approximate surface area is 128 Å². The monoisotopic (exact) mass is 336 g/mol. The summed E-state index contributed by atoms with van der Waals surface area (Å²) in [5.74, 6) is -0.712. The Bertz CT molecular complexity index is 522. The van der Waals surface area contributed by atoms with Gasteiger partial charge < -0.3 is 10.0 Å². The van der Waals surface area contributed by atoms with E-state index >= 15 is 0 Å². The summed E-state index contributed by atoms with van der Waals surface area (Å²) in [6, 6.07) is -1.58. The van der Waals surface area contributed by atoms with Crippen molar-refractivity contribution >= 4 is 33.7 Å². The van der Waals surface area contributed by atoms with E-state index < -0.39 is 28.1 Å². The zero-order valence-electron chi connectivity index (χ0n) is 11.9. The molecule has 21 heavy (non-hydrogen) atoms. The van der Waals surface area contributed by atoms with Crippen LogP contribution < -0.4 is 0 Å². The lowest BCUT2D eigenvalue weighted by molar-refractivity contribution is -0.149. The molecular formula is C12H20N2O5S2. The van der Waals surface area contributed by atoms with Crippen molar-refractivity contribution in [2.24, 2.45) is 0 Å². The fourth-order valence-corrected chi connectivity index (χ4v) is 5.65. The van der Waals surface area contributed by atoms with E-state index in [1.807, 2.05) is 0 Å². The molecule has 9 heteroatoms. The van der Waals surface area contributed by atoms with Crippen molar-refractivity contribution in [3.8, 4) is 0 Å². The highest BCUT2D eigenvalue weighted by Gasteiger charge is 2.44. The zero-order valence-corrected chi connectivity index (χ0v) is 13.5. The molecule has 0 saturated carbocycles. The summed E-state index contributed by atoms with van der Waals surface area (Å²) >= 11 is 1.38. The van der Waals surface area contributed by atoms with Gasteiger partial charge in [0.05, 0.1) is 11.6 Å². The first kappa shape index (κ1) is 16.6. The van der Waals surface area contributed by atoms with Crippen molar-refractivity contribution in [3.05, 3.63) is 0 Å². The van der Waals surface area contributed by atoms with Crippen LogP contribution in [-0.4, -0.2) is 70.6 Å². The number of sulfonamides is 1. The van der Waals surface area contributed by atoms with Crippen molar-refractivity contribution in [1.82, 2.24) is 9.21 Å². The van der Waals surface area contributed by atoms with Crippen LogP contribution in [0.2, 0.25) is 0 Å². The molecule has 0 spiro atoms. The quantitative estimate of drug-likeness (QED) is 0.769. The second-order valence-electron chi connectivity index (χ2n) is 5.25. The maximum atomic E-state index is 12.6. The summed E-state index contributed by atoms with van der Waals surface area (Å²) in [5.41, 5.74) is 0. The fourth-order valence-electron chi connectivity index (χ4n) is 2.75. The number of nitrogens with zero attached hydrogens (tertiary/aromatic N) is 2. The maximum Gasteiger partial charge on any atom is 0.327 e. The van der Waals surface area contributed by atoms with Gasteiger partial charge in [0, 0.05) is 12.3 Å². The fraction of sp³-hybridized carbons (Fsp3) is 0.833. The van der Waals surface area contributed by atoms with Crippen molar-refractivity contribution < 1.29 is 23.1 Å². The average Bonchev–Trinajstić information content (AvgIpc) is 3.07. The van der Waals surface area contributed by atoms with Crippen LogP contribution in [0.25, 0.3) is 0 Å². The molecule has 2 aliphatic rings. The van der Waals surface area contributed by atoms with Gasteiger partial charge in [0.15, 0.2) is 0 Å². The van der Waals surface area contributed by atoms with Crippen LogP contribution in [0.3, 0.4) is 0 Å². The summed E-state index contributed by atoms with van der Waals surface area (Å²) in [6.07, 6.45) is 1.60. The third-order valence-corrected chi connectivity index (χ3v) is 6.85. The molecule has 1 N–H and O–H groups in total. The third kappa shape index (κ3) is 3.35. The molecule has 2 atom stereocenters. The van der Waals surface area contributed by atoms with E-state index in [4.69, 9.17) is 5.11 Å². The van der Waals surface area contributed by atoms with E-state index in [0.29, 0.717) is 37.4 Å². The molecule has 2 aliphatic heterocycles. The molecule has 0 aromatic carbocycles.